The highest BCUT2D eigenvalue weighted by Crippen LogP contribution is 2.20. The van der Waals surface area contributed by atoms with E-state index in [4.69, 9.17) is 4.74 Å². The van der Waals surface area contributed by atoms with Crippen LogP contribution < -0.4 is 0 Å². The summed E-state index contributed by atoms with van der Waals surface area (Å²) >= 11 is 0. The van der Waals surface area contributed by atoms with Crippen LogP contribution in [0.4, 0.5) is 4.79 Å². The third kappa shape index (κ3) is 4.05. The van der Waals surface area contributed by atoms with E-state index in [9.17, 15) is 14.8 Å². The summed E-state index contributed by atoms with van der Waals surface area (Å²) in [5.41, 5.74) is 0.882. The second-order valence-corrected chi connectivity index (χ2v) is 5.33. The van der Waals surface area contributed by atoms with Crippen LogP contribution in [0.3, 0.4) is 0 Å². The lowest BCUT2D eigenvalue weighted by Crippen LogP contribution is -2.43. The van der Waals surface area contributed by atoms with E-state index in [1.165, 1.54) is 4.90 Å². The smallest absolute Gasteiger partial charge is 0.444 e. The maximum absolute atomic E-state index is 11.8. The molecule has 1 heterocycles. The standard InChI is InChI=1S/C11H20BNO4/c1-8-5-6-13(7-9(8)12(15)16)10(14)17-11(2,3)4/h15-16H,5-7H2,1-4H3. The number of carbonyl (C=O) groups is 1. The van der Waals surface area contributed by atoms with Gasteiger partial charge in [-0.15, -0.1) is 0 Å². The number of amides is 1. The average Bonchev–Trinajstić information content (AvgIpc) is 2.14. The highest BCUT2D eigenvalue weighted by Gasteiger charge is 2.29. The van der Waals surface area contributed by atoms with Gasteiger partial charge in [0.1, 0.15) is 5.60 Å². The Morgan fingerprint density at radius 1 is 1.41 bits per heavy atom. The fourth-order valence-corrected chi connectivity index (χ4v) is 1.67. The summed E-state index contributed by atoms with van der Waals surface area (Å²) < 4.78 is 5.24. The Balaban J connectivity index is 2.69. The normalized spacial score (nSPS) is 17.2. The summed E-state index contributed by atoms with van der Waals surface area (Å²) in [5, 5.41) is 18.4. The Kier molecular flexibility index (Phi) is 4.22. The molecule has 5 nitrogen and oxygen atoms in total. The molecular formula is C11H20BNO4. The van der Waals surface area contributed by atoms with E-state index >= 15 is 0 Å². The molecule has 0 spiro atoms. The Labute approximate surface area is 102 Å². The van der Waals surface area contributed by atoms with Crippen molar-refractivity contribution in [3.05, 3.63) is 11.0 Å². The molecule has 0 aromatic heterocycles. The van der Waals surface area contributed by atoms with Gasteiger partial charge in [-0.2, -0.15) is 0 Å². The van der Waals surface area contributed by atoms with E-state index in [1.807, 2.05) is 6.92 Å². The fourth-order valence-electron chi connectivity index (χ4n) is 1.67. The minimum Gasteiger partial charge on any atom is -0.444 e. The first-order valence-corrected chi connectivity index (χ1v) is 5.73. The van der Waals surface area contributed by atoms with E-state index in [0.717, 1.165) is 5.57 Å². The monoisotopic (exact) mass is 241 g/mol. The van der Waals surface area contributed by atoms with Gasteiger partial charge in [0.15, 0.2) is 0 Å². The zero-order chi connectivity index (χ0) is 13.2. The topological polar surface area (TPSA) is 70.0 Å². The molecule has 0 saturated heterocycles. The number of nitrogens with zero attached hydrogens (tertiary/aromatic N) is 1. The van der Waals surface area contributed by atoms with Crippen molar-refractivity contribution < 1.29 is 19.6 Å². The van der Waals surface area contributed by atoms with Gasteiger partial charge in [0.25, 0.3) is 0 Å². The van der Waals surface area contributed by atoms with Crippen LogP contribution in [0, 0.1) is 0 Å². The summed E-state index contributed by atoms with van der Waals surface area (Å²) in [7, 11) is -1.50. The first-order chi connectivity index (χ1) is 7.70. The van der Waals surface area contributed by atoms with Gasteiger partial charge >= 0.3 is 13.2 Å². The summed E-state index contributed by atoms with van der Waals surface area (Å²) in [6.07, 6.45) is 0.231. The van der Waals surface area contributed by atoms with Gasteiger partial charge in [0.2, 0.25) is 0 Å². The number of rotatable bonds is 1. The zero-order valence-electron chi connectivity index (χ0n) is 10.9. The summed E-state index contributed by atoms with van der Waals surface area (Å²) in [6, 6.07) is 0. The van der Waals surface area contributed by atoms with E-state index in [-0.39, 0.29) is 6.54 Å². The molecule has 0 fully saturated rings. The van der Waals surface area contributed by atoms with E-state index < -0.39 is 18.8 Å². The van der Waals surface area contributed by atoms with Crippen molar-refractivity contribution in [3.63, 3.8) is 0 Å². The first-order valence-electron chi connectivity index (χ1n) is 5.73. The predicted molar refractivity (Wildman–Crippen MR) is 65.3 cm³/mol. The second-order valence-electron chi connectivity index (χ2n) is 5.33. The van der Waals surface area contributed by atoms with Gasteiger partial charge < -0.3 is 19.7 Å². The van der Waals surface area contributed by atoms with Crippen molar-refractivity contribution in [1.29, 1.82) is 0 Å². The van der Waals surface area contributed by atoms with Gasteiger partial charge in [-0.3, -0.25) is 0 Å². The molecule has 17 heavy (non-hydrogen) atoms. The lowest BCUT2D eigenvalue weighted by molar-refractivity contribution is 0.0262. The third-order valence-electron chi connectivity index (χ3n) is 2.63. The van der Waals surface area contributed by atoms with Crippen molar-refractivity contribution in [1.82, 2.24) is 4.90 Å². The van der Waals surface area contributed by atoms with E-state index in [0.29, 0.717) is 18.4 Å². The van der Waals surface area contributed by atoms with Crippen LogP contribution in [0.1, 0.15) is 34.1 Å². The van der Waals surface area contributed by atoms with Crippen molar-refractivity contribution >= 4 is 13.2 Å². The molecule has 6 heteroatoms. The summed E-state index contributed by atoms with van der Waals surface area (Å²) in [4.78, 5) is 13.3. The summed E-state index contributed by atoms with van der Waals surface area (Å²) in [5.74, 6) is 0. The van der Waals surface area contributed by atoms with Crippen LogP contribution in [0.5, 0.6) is 0 Å². The largest absolute Gasteiger partial charge is 0.485 e. The van der Waals surface area contributed by atoms with Crippen molar-refractivity contribution in [2.45, 2.75) is 39.7 Å². The Hall–Kier alpha value is -1.01. The minimum absolute atomic E-state index is 0.221. The van der Waals surface area contributed by atoms with Crippen molar-refractivity contribution in [2.75, 3.05) is 13.1 Å². The Morgan fingerprint density at radius 3 is 2.47 bits per heavy atom. The molecule has 0 saturated carbocycles. The number of carbonyl (C=O) groups excluding carboxylic acids is 1. The molecule has 0 bridgehead atoms. The van der Waals surface area contributed by atoms with Crippen molar-refractivity contribution in [3.8, 4) is 0 Å². The molecule has 2 N–H and O–H groups in total. The Bertz CT molecular complexity index is 333. The molecular weight excluding hydrogens is 221 g/mol. The SMILES string of the molecule is CC1=C(B(O)O)CN(C(=O)OC(C)(C)C)CC1. The van der Waals surface area contributed by atoms with Gasteiger partial charge in [-0.1, -0.05) is 5.57 Å². The lowest BCUT2D eigenvalue weighted by Gasteiger charge is -2.31. The maximum Gasteiger partial charge on any atom is 0.485 e. The fraction of sp³-hybridized carbons (Fsp3) is 0.727. The van der Waals surface area contributed by atoms with Gasteiger partial charge in [0.05, 0.1) is 0 Å². The maximum atomic E-state index is 11.8. The molecule has 0 unspecified atom stereocenters. The van der Waals surface area contributed by atoms with Crippen molar-refractivity contribution in [2.24, 2.45) is 0 Å². The molecule has 0 aromatic rings. The van der Waals surface area contributed by atoms with Crippen LogP contribution in [0.2, 0.25) is 0 Å². The zero-order valence-corrected chi connectivity index (χ0v) is 10.9. The van der Waals surface area contributed by atoms with Crippen LogP contribution in [-0.2, 0) is 4.74 Å². The molecule has 96 valence electrons. The highest BCUT2D eigenvalue weighted by atomic mass is 16.6. The molecule has 0 aliphatic carbocycles. The highest BCUT2D eigenvalue weighted by molar-refractivity contribution is 6.51. The lowest BCUT2D eigenvalue weighted by atomic mass is 9.74. The van der Waals surface area contributed by atoms with E-state index in [1.54, 1.807) is 20.8 Å². The molecule has 1 aliphatic rings. The number of ether oxygens (including phenoxy) is 1. The predicted octanol–water partition coefficient (Wildman–Crippen LogP) is 0.956. The molecule has 1 amide bonds. The minimum atomic E-state index is -1.50. The first kappa shape index (κ1) is 14.1. The molecule has 0 radical (unpaired) electrons. The molecule has 1 aliphatic heterocycles. The van der Waals surface area contributed by atoms with Crippen LogP contribution >= 0.6 is 0 Å². The second kappa shape index (κ2) is 5.10. The number of hydrogen-bond acceptors (Lipinski definition) is 4. The quantitative estimate of drug-likeness (QED) is 0.670. The Morgan fingerprint density at radius 2 is 2.00 bits per heavy atom. The van der Waals surface area contributed by atoms with Gasteiger partial charge in [-0.25, -0.2) is 4.79 Å². The molecule has 0 atom stereocenters. The van der Waals surface area contributed by atoms with Crippen LogP contribution in [0.15, 0.2) is 11.0 Å². The van der Waals surface area contributed by atoms with Gasteiger partial charge in [0, 0.05) is 13.1 Å². The van der Waals surface area contributed by atoms with E-state index in [2.05, 4.69) is 0 Å². The van der Waals surface area contributed by atoms with Gasteiger partial charge in [-0.05, 0) is 39.6 Å². The number of hydrogen-bond donors (Lipinski definition) is 2. The summed E-state index contributed by atoms with van der Waals surface area (Å²) in [6.45, 7) is 8.03. The van der Waals surface area contributed by atoms with Crippen LogP contribution in [0.25, 0.3) is 0 Å². The molecule has 1 rings (SSSR count). The average molecular weight is 241 g/mol. The van der Waals surface area contributed by atoms with Crippen LogP contribution in [-0.4, -0.2) is 46.9 Å². The third-order valence-corrected chi connectivity index (χ3v) is 2.63. The molecule has 0 aromatic carbocycles.